The number of benzene rings is 3. The second-order valence-electron chi connectivity index (χ2n) is 11.3. The third kappa shape index (κ3) is 8.40. The molecular formula is C34H41Cl2N3O8S. The number of hydrogen-bond acceptors (Lipinski definition) is 8. The number of methoxy groups -OCH3 is 4. The van der Waals surface area contributed by atoms with E-state index in [1.165, 1.54) is 63.7 Å². The van der Waals surface area contributed by atoms with Crippen LogP contribution >= 0.6 is 23.2 Å². The van der Waals surface area contributed by atoms with Crippen LogP contribution in [-0.4, -0.2) is 72.2 Å². The molecule has 48 heavy (non-hydrogen) atoms. The summed E-state index contributed by atoms with van der Waals surface area (Å²) in [4.78, 5) is 29.2. The average Bonchev–Trinajstić information content (AvgIpc) is 3.09. The highest BCUT2D eigenvalue weighted by atomic mass is 35.5. The van der Waals surface area contributed by atoms with E-state index in [0.29, 0.717) is 27.1 Å². The number of nitrogens with one attached hydrogen (secondary N) is 1. The van der Waals surface area contributed by atoms with Gasteiger partial charge in [0.2, 0.25) is 11.8 Å². The molecule has 11 nitrogen and oxygen atoms in total. The monoisotopic (exact) mass is 721 g/mol. The smallest absolute Gasteiger partial charge is 0.265 e. The fourth-order valence-electron chi connectivity index (χ4n) is 5.61. The molecule has 0 unspecified atom stereocenters. The van der Waals surface area contributed by atoms with Crippen LogP contribution in [0.2, 0.25) is 10.0 Å². The Kier molecular flexibility index (Phi) is 12.7. The number of ether oxygens (including phenoxy) is 4. The summed E-state index contributed by atoms with van der Waals surface area (Å²) in [5.41, 5.74) is 0.453. The second kappa shape index (κ2) is 16.5. The highest BCUT2D eigenvalue weighted by molar-refractivity contribution is 7.92. The number of anilines is 1. The largest absolute Gasteiger partial charge is 0.497 e. The van der Waals surface area contributed by atoms with Crippen LogP contribution in [-0.2, 0) is 26.2 Å². The van der Waals surface area contributed by atoms with Crippen molar-refractivity contribution in [2.45, 2.75) is 62.6 Å². The maximum Gasteiger partial charge on any atom is 0.265 e. The van der Waals surface area contributed by atoms with E-state index in [1.54, 1.807) is 31.2 Å². The minimum Gasteiger partial charge on any atom is -0.497 e. The van der Waals surface area contributed by atoms with Crippen molar-refractivity contribution in [3.63, 3.8) is 0 Å². The van der Waals surface area contributed by atoms with Crippen LogP contribution in [0.3, 0.4) is 0 Å². The summed E-state index contributed by atoms with van der Waals surface area (Å²) < 4.78 is 51.5. The summed E-state index contributed by atoms with van der Waals surface area (Å²) in [6.45, 7) is 0.722. The van der Waals surface area contributed by atoms with E-state index in [4.69, 9.17) is 42.1 Å². The first-order chi connectivity index (χ1) is 22.9. The third-order valence-corrected chi connectivity index (χ3v) is 10.8. The van der Waals surface area contributed by atoms with Gasteiger partial charge in [0.25, 0.3) is 10.0 Å². The molecule has 0 radical (unpaired) electrons. The fourth-order valence-corrected chi connectivity index (χ4v) is 7.56. The van der Waals surface area contributed by atoms with E-state index in [2.05, 4.69) is 5.32 Å². The SMILES string of the molecule is COc1ccc(OC)c(N(CC(=O)N(Cc2c(Cl)cccc2Cl)[C@H](C)C(=O)NC2CCCCC2)S(=O)(=O)c2ccc(OC)c(OC)c2)c1. The molecule has 4 rings (SSSR count). The molecule has 0 aromatic heterocycles. The van der Waals surface area contributed by atoms with Gasteiger partial charge in [-0.3, -0.25) is 13.9 Å². The Labute approximate surface area is 292 Å². The van der Waals surface area contributed by atoms with Gasteiger partial charge in [-0.2, -0.15) is 0 Å². The Balaban J connectivity index is 1.81. The Morgan fingerprint density at radius 3 is 2.08 bits per heavy atom. The normalized spacial score (nSPS) is 14.1. The fraction of sp³-hybridized carbons (Fsp3) is 0.412. The highest BCUT2D eigenvalue weighted by Crippen LogP contribution is 2.38. The van der Waals surface area contributed by atoms with Gasteiger partial charge < -0.3 is 29.2 Å². The van der Waals surface area contributed by atoms with E-state index in [0.717, 1.165) is 36.4 Å². The Morgan fingerprint density at radius 1 is 0.854 bits per heavy atom. The van der Waals surface area contributed by atoms with Gasteiger partial charge in [0.1, 0.15) is 24.1 Å². The van der Waals surface area contributed by atoms with Gasteiger partial charge in [-0.1, -0.05) is 48.5 Å². The molecule has 1 aliphatic carbocycles. The van der Waals surface area contributed by atoms with Gasteiger partial charge >= 0.3 is 0 Å². The van der Waals surface area contributed by atoms with Gasteiger partial charge in [-0.15, -0.1) is 0 Å². The van der Waals surface area contributed by atoms with Crippen molar-refractivity contribution in [3.05, 3.63) is 70.2 Å². The van der Waals surface area contributed by atoms with Crippen molar-refractivity contribution in [1.82, 2.24) is 10.2 Å². The first-order valence-corrected chi connectivity index (χ1v) is 17.6. The van der Waals surface area contributed by atoms with Gasteiger partial charge in [0.05, 0.1) is 39.0 Å². The Morgan fingerprint density at radius 2 is 1.48 bits per heavy atom. The van der Waals surface area contributed by atoms with Crippen molar-refractivity contribution < 1.29 is 37.0 Å². The van der Waals surface area contributed by atoms with Crippen molar-refractivity contribution in [2.24, 2.45) is 0 Å². The minimum atomic E-state index is -4.49. The van der Waals surface area contributed by atoms with Gasteiger partial charge in [-0.05, 0) is 56.2 Å². The van der Waals surface area contributed by atoms with Crippen LogP contribution < -0.4 is 28.6 Å². The van der Waals surface area contributed by atoms with Crippen LogP contribution in [0.1, 0.15) is 44.6 Å². The molecule has 2 amide bonds. The molecule has 1 fully saturated rings. The predicted octanol–water partition coefficient (Wildman–Crippen LogP) is 6.09. The van der Waals surface area contributed by atoms with E-state index in [1.807, 2.05) is 0 Å². The quantitative estimate of drug-likeness (QED) is 0.212. The number of nitrogens with zero attached hydrogens (tertiary/aromatic N) is 2. The zero-order valence-electron chi connectivity index (χ0n) is 27.6. The zero-order valence-corrected chi connectivity index (χ0v) is 30.0. The number of halogens is 2. The molecule has 14 heteroatoms. The summed E-state index contributed by atoms with van der Waals surface area (Å²) in [7, 11) is 1.15. The summed E-state index contributed by atoms with van der Waals surface area (Å²) in [5, 5.41) is 3.67. The number of sulfonamides is 1. The van der Waals surface area contributed by atoms with Gasteiger partial charge in [0.15, 0.2) is 11.5 Å². The minimum absolute atomic E-state index is 0.0162. The maximum atomic E-state index is 14.5. The Bertz CT molecular complexity index is 1700. The van der Waals surface area contributed by atoms with Crippen molar-refractivity contribution in [3.8, 4) is 23.0 Å². The summed E-state index contributed by atoms with van der Waals surface area (Å²) in [6.07, 6.45) is 4.80. The number of carbonyl (C=O) groups is 2. The number of hydrogen-bond donors (Lipinski definition) is 1. The summed E-state index contributed by atoms with van der Waals surface area (Å²) in [6, 6.07) is 12.6. The second-order valence-corrected chi connectivity index (χ2v) is 14.0. The number of amides is 2. The van der Waals surface area contributed by atoms with Gasteiger partial charge in [-0.25, -0.2) is 8.42 Å². The molecule has 0 bridgehead atoms. The van der Waals surface area contributed by atoms with E-state index >= 15 is 0 Å². The Hall–Kier alpha value is -3.87. The van der Waals surface area contributed by atoms with Crippen LogP contribution in [0.5, 0.6) is 23.0 Å². The van der Waals surface area contributed by atoms with Crippen molar-refractivity contribution >= 4 is 50.7 Å². The topological polar surface area (TPSA) is 124 Å². The molecule has 3 aromatic rings. The lowest BCUT2D eigenvalue weighted by atomic mass is 9.95. The summed E-state index contributed by atoms with van der Waals surface area (Å²) in [5.74, 6) is -0.0795. The van der Waals surface area contributed by atoms with E-state index < -0.39 is 28.5 Å². The lowest BCUT2D eigenvalue weighted by Gasteiger charge is -2.34. The molecular weight excluding hydrogens is 681 g/mol. The highest BCUT2D eigenvalue weighted by Gasteiger charge is 2.35. The summed E-state index contributed by atoms with van der Waals surface area (Å²) >= 11 is 13.0. The molecule has 1 aliphatic rings. The first kappa shape index (κ1) is 37.0. The third-order valence-electron chi connectivity index (χ3n) is 8.39. The lowest BCUT2D eigenvalue weighted by Crippen LogP contribution is -2.53. The predicted molar refractivity (Wildman–Crippen MR) is 185 cm³/mol. The van der Waals surface area contributed by atoms with Crippen LogP contribution in [0, 0.1) is 0 Å². The van der Waals surface area contributed by atoms with Crippen LogP contribution in [0.4, 0.5) is 5.69 Å². The molecule has 1 saturated carbocycles. The van der Waals surface area contributed by atoms with Crippen LogP contribution in [0.25, 0.3) is 0 Å². The lowest BCUT2D eigenvalue weighted by molar-refractivity contribution is -0.139. The first-order valence-electron chi connectivity index (χ1n) is 15.4. The number of rotatable bonds is 14. The van der Waals surface area contributed by atoms with Crippen molar-refractivity contribution in [2.75, 3.05) is 39.3 Å². The molecule has 1 atom stereocenters. The zero-order chi connectivity index (χ0) is 35.0. The van der Waals surface area contributed by atoms with Crippen molar-refractivity contribution in [1.29, 1.82) is 0 Å². The molecule has 0 spiro atoms. The van der Waals surface area contributed by atoms with E-state index in [9.17, 15) is 18.0 Å². The molecule has 1 N–H and O–H groups in total. The van der Waals surface area contributed by atoms with E-state index in [-0.39, 0.29) is 40.6 Å². The van der Waals surface area contributed by atoms with Crippen LogP contribution in [0.15, 0.2) is 59.5 Å². The standard InChI is InChI=1S/C34H41Cl2N3O8S/c1-22(34(41)37-23-10-7-6-8-11-23)38(20-26-27(35)12-9-13-28(26)36)33(40)21-39(29-18-24(44-2)14-16-30(29)45-3)48(42,43)25-15-17-31(46-4)32(19-25)47-5/h9,12-19,22-23H,6-8,10-11,20-21H2,1-5H3,(H,37,41)/t22-/m1/s1. The molecule has 3 aromatic carbocycles. The molecule has 0 saturated heterocycles. The molecule has 260 valence electrons. The average molecular weight is 723 g/mol. The van der Waals surface area contributed by atoms with Gasteiger partial charge in [0, 0.05) is 40.3 Å². The number of carbonyl (C=O) groups excluding carboxylic acids is 2. The maximum absolute atomic E-state index is 14.5. The molecule has 0 aliphatic heterocycles. The molecule has 0 heterocycles.